The quantitative estimate of drug-likeness (QED) is 0.638. The van der Waals surface area contributed by atoms with Gasteiger partial charge in [-0.05, 0) is 31.2 Å². The van der Waals surface area contributed by atoms with E-state index in [9.17, 15) is 22.8 Å². The molecular formula is C21H20F3N5O2. The van der Waals surface area contributed by atoms with Gasteiger partial charge in [-0.3, -0.25) is 14.2 Å². The van der Waals surface area contributed by atoms with Crippen LogP contribution in [0.25, 0.3) is 11.0 Å². The van der Waals surface area contributed by atoms with E-state index in [2.05, 4.69) is 9.97 Å². The highest BCUT2D eigenvalue weighted by Crippen LogP contribution is 2.27. The van der Waals surface area contributed by atoms with Crippen molar-refractivity contribution in [3.8, 4) is 0 Å². The van der Waals surface area contributed by atoms with Gasteiger partial charge in [0.15, 0.2) is 0 Å². The smallest absolute Gasteiger partial charge is 0.353 e. The fraction of sp³-hybridized carbons (Fsp3) is 0.333. The number of hydrogen-bond donors (Lipinski definition) is 0. The first-order valence-electron chi connectivity index (χ1n) is 9.80. The number of aromatic nitrogens is 3. The van der Waals surface area contributed by atoms with Crippen LogP contribution in [0.4, 0.5) is 19.0 Å². The van der Waals surface area contributed by atoms with E-state index < -0.39 is 29.4 Å². The van der Waals surface area contributed by atoms with Gasteiger partial charge in [0.1, 0.15) is 11.9 Å². The van der Waals surface area contributed by atoms with Crippen molar-refractivity contribution in [2.45, 2.75) is 19.1 Å². The van der Waals surface area contributed by atoms with Crippen LogP contribution in [0.2, 0.25) is 0 Å². The highest BCUT2D eigenvalue weighted by Gasteiger charge is 2.39. The van der Waals surface area contributed by atoms with Crippen LogP contribution >= 0.6 is 0 Å². The Labute approximate surface area is 175 Å². The van der Waals surface area contributed by atoms with E-state index in [1.165, 1.54) is 25.1 Å². The van der Waals surface area contributed by atoms with E-state index in [1.54, 1.807) is 17.2 Å². The van der Waals surface area contributed by atoms with Gasteiger partial charge >= 0.3 is 6.18 Å². The van der Waals surface area contributed by atoms with Crippen LogP contribution in [0.15, 0.2) is 53.5 Å². The molecule has 3 heterocycles. The lowest BCUT2D eigenvalue weighted by atomic mass is 10.2. The minimum Gasteiger partial charge on any atom is -0.353 e. The number of pyridine rings is 1. The van der Waals surface area contributed by atoms with Crippen LogP contribution < -0.4 is 10.5 Å². The van der Waals surface area contributed by atoms with Crippen molar-refractivity contribution in [1.82, 2.24) is 19.4 Å². The number of amides is 1. The Bertz CT molecular complexity index is 1160. The summed E-state index contributed by atoms with van der Waals surface area (Å²) >= 11 is 0. The highest BCUT2D eigenvalue weighted by molar-refractivity contribution is 5.83. The maximum absolute atomic E-state index is 13.4. The number of nitrogens with zero attached hydrogens (tertiary/aromatic N) is 5. The Balaban J connectivity index is 1.62. The molecule has 1 aliphatic rings. The van der Waals surface area contributed by atoms with E-state index >= 15 is 0 Å². The second-order valence-electron chi connectivity index (χ2n) is 7.30. The zero-order valence-corrected chi connectivity index (χ0v) is 16.7. The van der Waals surface area contributed by atoms with E-state index in [-0.39, 0.29) is 11.0 Å². The molecule has 1 atom stereocenters. The number of carbonyl (C=O) groups is 1. The molecule has 1 fully saturated rings. The SMILES string of the molecule is C[C@@H](C(=O)N1CCN(c2ccccn2)CC1)n1c(=O)c(C(F)(F)F)nc2ccccc21. The molecule has 0 N–H and O–H groups in total. The predicted molar refractivity (Wildman–Crippen MR) is 109 cm³/mol. The van der Waals surface area contributed by atoms with Gasteiger partial charge in [0, 0.05) is 32.4 Å². The van der Waals surface area contributed by atoms with E-state index in [4.69, 9.17) is 0 Å². The number of alkyl halides is 3. The largest absolute Gasteiger partial charge is 0.438 e. The molecule has 0 bridgehead atoms. The lowest BCUT2D eigenvalue weighted by Gasteiger charge is -2.36. The monoisotopic (exact) mass is 431 g/mol. The predicted octanol–water partition coefficient (Wildman–Crippen LogP) is 2.72. The maximum atomic E-state index is 13.4. The van der Waals surface area contributed by atoms with Gasteiger partial charge in [-0.15, -0.1) is 0 Å². The summed E-state index contributed by atoms with van der Waals surface area (Å²) in [7, 11) is 0. The Hall–Kier alpha value is -3.43. The number of benzene rings is 1. The Kier molecular flexibility index (Phi) is 5.38. The Morgan fingerprint density at radius 2 is 1.71 bits per heavy atom. The van der Waals surface area contributed by atoms with Gasteiger partial charge in [-0.1, -0.05) is 18.2 Å². The van der Waals surface area contributed by atoms with Gasteiger partial charge < -0.3 is 9.80 Å². The summed E-state index contributed by atoms with van der Waals surface area (Å²) in [6.45, 7) is 3.28. The second-order valence-corrected chi connectivity index (χ2v) is 7.30. The zero-order valence-electron chi connectivity index (χ0n) is 16.7. The van der Waals surface area contributed by atoms with E-state index in [0.717, 1.165) is 10.4 Å². The lowest BCUT2D eigenvalue weighted by molar-refractivity contribution is -0.143. The number of para-hydroxylation sites is 2. The van der Waals surface area contributed by atoms with Crippen LogP contribution in [0, 0.1) is 0 Å². The first-order chi connectivity index (χ1) is 14.8. The molecule has 3 aromatic rings. The third-order valence-electron chi connectivity index (χ3n) is 5.37. The van der Waals surface area contributed by atoms with Crippen molar-refractivity contribution in [1.29, 1.82) is 0 Å². The average molecular weight is 431 g/mol. The fourth-order valence-electron chi connectivity index (χ4n) is 3.79. The molecule has 1 aromatic carbocycles. The van der Waals surface area contributed by atoms with Crippen LogP contribution in [-0.4, -0.2) is 51.5 Å². The Morgan fingerprint density at radius 3 is 2.35 bits per heavy atom. The number of rotatable bonds is 3. The molecule has 0 radical (unpaired) electrons. The van der Waals surface area contributed by atoms with Gasteiger partial charge in [0.05, 0.1) is 11.0 Å². The van der Waals surface area contributed by atoms with Crippen molar-refractivity contribution in [3.05, 3.63) is 64.7 Å². The molecule has 1 amide bonds. The van der Waals surface area contributed by atoms with E-state index in [0.29, 0.717) is 26.2 Å². The number of fused-ring (bicyclic) bond motifs is 1. The van der Waals surface area contributed by atoms with Crippen molar-refractivity contribution in [2.75, 3.05) is 31.1 Å². The van der Waals surface area contributed by atoms with Crippen LogP contribution in [0.5, 0.6) is 0 Å². The average Bonchev–Trinajstić information content (AvgIpc) is 2.78. The maximum Gasteiger partial charge on any atom is 0.438 e. The number of halogens is 3. The molecule has 2 aromatic heterocycles. The molecule has 0 spiro atoms. The molecular weight excluding hydrogens is 411 g/mol. The fourth-order valence-corrected chi connectivity index (χ4v) is 3.79. The summed E-state index contributed by atoms with van der Waals surface area (Å²) in [5.74, 6) is 0.390. The van der Waals surface area contributed by atoms with Crippen LogP contribution in [0.1, 0.15) is 18.7 Å². The molecule has 1 saturated heterocycles. The lowest BCUT2D eigenvalue weighted by Crippen LogP contribution is -2.51. The summed E-state index contributed by atoms with van der Waals surface area (Å²) < 4.78 is 41.1. The Morgan fingerprint density at radius 1 is 1.03 bits per heavy atom. The molecule has 1 aliphatic heterocycles. The summed E-state index contributed by atoms with van der Waals surface area (Å²) in [4.78, 5) is 37.2. The number of hydrogen-bond acceptors (Lipinski definition) is 5. The molecule has 0 saturated carbocycles. The third kappa shape index (κ3) is 3.97. The first-order valence-corrected chi connectivity index (χ1v) is 9.80. The van der Waals surface area contributed by atoms with Gasteiger partial charge in [0.25, 0.3) is 5.56 Å². The minimum atomic E-state index is -4.92. The molecule has 0 aliphatic carbocycles. The third-order valence-corrected chi connectivity index (χ3v) is 5.37. The summed E-state index contributed by atoms with van der Waals surface area (Å²) in [5.41, 5.74) is -2.65. The zero-order chi connectivity index (χ0) is 22.2. The molecule has 7 nitrogen and oxygen atoms in total. The molecule has 162 valence electrons. The van der Waals surface area contributed by atoms with Crippen LogP contribution in [-0.2, 0) is 11.0 Å². The number of anilines is 1. The van der Waals surface area contributed by atoms with Gasteiger partial charge in [-0.2, -0.15) is 13.2 Å². The minimum absolute atomic E-state index is 0.00838. The van der Waals surface area contributed by atoms with Crippen molar-refractivity contribution in [2.24, 2.45) is 0 Å². The van der Waals surface area contributed by atoms with E-state index in [1.807, 2.05) is 23.1 Å². The molecule has 4 rings (SSSR count). The second kappa shape index (κ2) is 8.01. The van der Waals surface area contributed by atoms with Crippen molar-refractivity contribution < 1.29 is 18.0 Å². The summed E-state index contributed by atoms with van der Waals surface area (Å²) in [6.07, 6.45) is -3.23. The number of piperazine rings is 1. The summed E-state index contributed by atoms with van der Waals surface area (Å²) in [6, 6.07) is 10.5. The highest BCUT2D eigenvalue weighted by atomic mass is 19.4. The normalized spacial score (nSPS) is 15.9. The van der Waals surface area contributed by atoms with Crippen LogP contribution in [0.3, 0.4) is 0 Å². The molecule has 10 heteroatoms. The number of carbonyl (C=O) groups excluding carboxylic acids is 1. The first kappa shape index (κ1) is 20.8. The van der Waals surface area contributed by atoms with Gasteiger partial charge in [-0.25, -0.2) is 9.97 Å². The molecule has 0 unspecified atom stereocenters. The van der Waals surface area contributed by atoms with Gasteiger partial charge in [0.2, 0.25) is 11.6 Å². The van der Waals surface area contributed by atoms with Crippen molar-refractivity contribution >= 4 is 22.8 Å². The standard InChI is InChI=1S/C21H20F3N5O2/c1-14(19(30)28-12-10-27(11-13-28)17-8-4-5-9-25-17)29-16-7-3-2-6-15(16)26-18(20(29)31)21(22,23)24/h2-9,14H,10-13H2,1H3/t14-/m0/s1. The molecule has 31 heavy (non-hydrogen) atoms. The van der Waals surface area contributed by atoms with Crippen molar-refractivity contribution in [3.63, 3.8) is 0 Å². The summed E-state index contributed by atoms with van der Waals surface area (Å²) in [5, 5.41) is 0. The topological polar surface area (TPSA) is 71.3 Å².